The van der Waals surface area contributed by atoms with Crippen LogP contribution < -0.4 is 5.73 Å². The van der Waals surface area contributed by atoms with E-state index in [0.29, 0.717) is 0 Å². The molecule has 0 fully saturated rings. The molecule has 2 aromatic rings. The topological polar surface area (TPSA) is 41.8 Å². The molecular weight excluding hydrogens is 124 g/mol. The average molecular weight is 132 g/mol. The van der Waals surface area contributed by atoms with Crippen molar-refractivity contribution < 1.29 is 0 Å². The Morgan fingerprint density at radius 1 is 1.20 bits per heavy atom. The molecule has 1 aromatic carbocycles. The second kappa shape index (κ2) is 1.77. The van der Waals surface area contributed by atoms with Crippen molar-refractivity contribution in [3.8, 4) is 0 Å². The van der Waals surface area contributed by atoms with E-state index in [1.165, 1.54) is 5.39 Å². The summed E-state index contributed by atoms with van der Waals surface area (Å²) in [5.74, 6) is 0. The molecule has 3 N–H and O–H groups in total. The van der Waals surface area contributed by atoms with Crippen LogP contribution in [0.25, 0.3) is 10.8 Å². The van der Waals surface area contributed by atoms with Gasteiger partial charge < -0.3 is 10.7 Å². The number of nitrogens with two attached hydrogens (primary N) is 1. The first-order chi connectivity index (χ1) is 4.88. The lowest BCUT2D eigenvalue weighted by molar-refractivity contribution is 1.43. The Morgan fingerprint density at radius 2 is 2.10 bits per heavy atom. The minimum Gasteiger partial charge on any atom is -0.398 e. The van der Waals surface area contributed by atoms with Gasteiger partial charge in [-0.15, -0.1) is 0 Å². The zero-order valence-corrected chi connectivity index (χ0v) is 5.46. The molecule has 2 rings (SSSR count). The predicted molar refractivity (Wildman–Crippen MR) is 42.7 cm³/mol. The number of hydrogen-bond donors (Lipinski definition) is 2. The molecule has 0 saturated heterocycles. The number of aromatic amines is 1. The van der Waals surface area contributed by atoms with Gasteiger partial charge in [0.1, 0.15) is 0 Å². The number of hydrogen-bond acceptors (Lipinski definition) is 1. The van der Waals surface area contributed by atoms with Gasteiger partial charge in [-0.1, -0.05) is 12.1 Å². The summed E-state index contributed by atoms with van der Waals surface area (Å²) in [7, 11) is 0. The molecule has 0 spiro atoms. The summed E-state index contributed by atoms with van der Waals surface area (Å²) >= 11 is 0. The average Bonchev–Trinajstić information content (AvgIpc) is 2.36. The predicted octanol–water partition coefficient (Wildman–Crippen LogP) is 1.75. The fourth-order valence-electron chi connectivity index (χ4n) is 1.11. The van der Waals surface area contributed by atoms with Crippen LogP contribution in [0.3, 0.4) is 0 Å². The molecule has 0 aliphatic carbocycles. The Balaban J connectivity index is 2.95. The van der Waals surface area contributed by atoms with Crippen molar-refractivity contribution in [1.29, 1.82) is 0 Å². The summed E-state index contributed by atoms with van der Waals surface area (Å²) in [4.78, 5) is 3.00. The number of aromatic nitrogens is 1. The maximum absolute atomic E-state index is 5.68. The van der Waals surface area contributed by atoms with Crippen LogP contribution in [0.4, 0.5) is 5.69 Å². The van der Waals surface area contributed by atoms with Crippen molar-refractivity contribution in [2.24, 2.45) is 0 Å². The number of rotatable bonds is 0. The highest BCUT2D eigenvalue weighted by molar-refractivity contribution is 5.92. The molecule has 0 radical (unpaired) electrons. The summed E-state index contributed by atoms with van der Waals surface area (Å²) in [6.45, 7) is 0. The second-order valence-corrected chi connectivity index (χ2v) is 2.31. The summed E-state index contributed by atoms with van der Waals surface area (Å²) in [5.41, 5.74) is 6.51. The Labute approximate surface area is 58.7 Å². The van der Waals surface area contributed by atoms with Crippen LogP contribution >= 0.6 is 0 Å². The molecule has 1 aromatic heterocycles. The molecule has 1 heterocycles. The number of nitrogens with one attached hydrogen (secondary N) is 1. The quantitative estimate of drug-likeness (QED) is 0.527. The minimum absolute atomic E-state index is 0.832. The largest absolute Gasteiger partial charge is 0.398 e. The highest BCUT2D eigenvalue weighted by Crippen LogP contribution is 2.18. The Hall–Kier alpha value is -1.44. The van der Waals surface area contributed by atoms with Gasteiger partial charge in [-0.25, -0.2) is 0 Å². The molecule has 0 aliphatic rings. The van der Waals surface area contributed by atoms with Crippen molar-refractivity contribution in [3.05, 3.63) is 30.6 Å². The van der Waals surface area contributed by atoms with Crippen molar-refractivity contribution in [2.75, 3.05) is 5.73 Å². The van der Waals surface area contributed by atoms with Gasteiger partial charge in [-0.3, -0.25) is 0 Å². The number of nitrogen functional groups attached to an aromatic ring is 1. The van der Waals surface area contributed by atoms with E-state index in [4.69, 9.17) is 5.73 Å². The van der Waals surface area contributed by atoms with Gasteiger partial charge in [-0.2, -0.15) is 0 Å². The first-order valence-corrected chi connectivity index (χ1v) is 3.19. The molecule has 2 heteroatoms. The highest BCUT2D eigenvalue weighted by atomic mass is 14.7. The number of benzene rings is 1. The first-order valence-electron chi connectivity index (χ1n) is 3.19. The van der Waals surface area contributed by atoms with Crippen molar-refractivity contribution >= 4 is 16.5 Å². The van der Waals surface area contributed by atoms with Crippen molar-refractivity contribution in [3.63, 3.8) is 0 Å². The lowest BCUT2D eigenvalue weighted by atomic mass is 10.2. The smallest absolute Gasteiger partial charge is 0.0409 e. The highest BCUT2D eigenvalue weighted by Gasteiger charge is 1.94. The first kappa shape index (κ1) is 5.35. The van der Waals surface area contributed by atoms with E-state index in [1.807, 2.05) is 30.6 Å². The summed E-state index contributed by atoms with van der Waals surface area (Å²) < 4.78 is 0. The number of fused-ring (bicyclic) bond motifs is 1. The number of anilines is 1. The van der Waals surface area contributed by atoms with E-state index < -0.39 is 0 Å². The van der Waals surface area contributed by atoms with E-state index in [0.717, 1.165) is 11.1 Å². The molecule has 0 saturated carbocycles. The third kappa shape index (κ3) is 0.589. The fourth-order valence-corrected chi connectivity index (χ4v) is 1.11. The van der Waals surface area contributed by atoms with Gasteiger partial charge in [-0.05, 0) is 6.07 Å². The third-order valence-corrected chi connectivity index (χ3v) is 1.64. The SMILES string of the molecule is Nc1cccc2c[nH]cc12. The minimum atomic E-state index is 0.832. The zero-order chi connectivity index (χ0) is 6.97. The molecule has 0 atom stereocenters. The molecular formula is C8H8N2. The summed E-state index contributed by atoms with van der Waals surface area (Å²) in [6, 6.07) is 5.88. The van der Waals surface area contributed by atoms with Crippen LogP contribution in [-0.4, -0.2) is 4.98 Å². The van der Waals surface area contributed by atoms with Gasteiger partial charge in [0.2, 0.25) is 0 Å². The van der Waals surface area contributed by atoms with Crippen LogP contribution in [0.15, 0.2) is 30.6 Å². The van der Waals surface area contributed by atoms with E-state index in [9.17, 15) is 0 Å². The zero-order valence-electron chi connectivity index (χ0n) is 5.46. The van der Waals surface area contributed by atoms with E-state index in [1.54, 1.807) is 0 Å². The Bertz CT molecular complexity index is 349. The van der Waals surface area contributed by atoms with Gasteiger partial charge >= 0.3 is 0 Å². The monoisotopic (exact) mass is 132 g/mol. The van der Waals surface area contributed by atoms with Gasteiger partial charge in [0.25, 0.3) is 0 Å². The lowest BCUT2D eigenvalue weighted by Gasteiger charge is -1.91. The van der Waals surface area contributed by atoms with Crippen LogP contribution in [0.1, 0.15) is 0 Å². The van der Waals surface area contributed by atoms with Crippen LogP contribution in [0.5, 0.6) is 0 Å². The van der Waals surface area contributed by atoms with Crippen LogP contribution in [-0.2, 0) is 0 Å². The molecule has 2 nitrogen and oxygen atoms in total. The van der Waals surface area contributed by atoms with Crippen LogP contribution in [0, 0.1) is 0 Å². The standard InChI is InChI=1S/C8H8N2/c9-8-3-1-2-6-4-10-5-7(6)8/h1-5,10H,9H2. The molecule has 0 amide bonds. The van der Waals surface area contributed by atoms with Crippen molar-refractivity contribution in [1.82, 2.24) is 4.98 Å². The van der Waals surface area contributed by atoms with Crippen LogP contribution in [0.2, 0.25) is 0 Å². The molecule has 0 bridgehead atoms. The van der Waals surface area contributed by atoms with Crippen molar-refractivity contribution in [2.45, 2.75) is 0 Å². The Morgan fingerprint density at radius 3 is 2.90 bits per heavy atom. The van der Waals surface area contributed by atoms with Gasteiger partial charge in [0.15, 0.2) is 0 Å². The number of H-pyrrole nitrogens is 1. The third-order valence-electron chi connectivity index (χ3n) is 1.64. The summed E-state index contributed by atoms with van der Waals surface area (Å²) in [5, 5.41) is 2.27. The second-order valence-electron chi connectivity index (χ2n) is 2.31. The maximum Gasteiger partial charge on any atom is 0.0409 e. The lowest BCUT2D eigenvalue weighted by Crippen LogP contribution is -1.82. The molecule has 50 valence electrons. The van der Waals surface area contributed by atoms with E-state index in [2.05, 4.69) is 4.98 Å². The normalized spacial score (nSPS) is 10.4. The maximum atomic E-state index is 5.68. The molecule has 0 unspecified atom stereocenters. The Kier molecular flexibility index (Phi) is 0.947. The fraction of sp³-hybridized carbons (Fsp3) is 0. The van der Waals surface area contributed by atoms with E-state index >= 15 is 0 Å². The van der Waals surface area contributed by atoms with E-state index in [-0.39, 0.29) is 0 Å². The van der Waals surface area contributed by atoms with Gasteiger partial charge in [0.05, 0.1) is 0 Å². The molecule has 0 aliphatic heterocycles. The summed E-state index contributed by atoms with van der Waals surface area (Å²) in [6.07, 6.45) is 3.84. The van der Waals surface area contributed by atoms with Gasteiger partial charge in [0, 0.05) is 28.9 Å². The molecule has 10 heavy (non-hydrogen) atoms.